The summed E-state index contributed by atoms with van der Waals surface area (Å²) in [4.78, 5) is 25.0. The summed E-state index contributed by atoms with van der Waals surface area (Å²) < 4.78 is 13.7. The van der Waals surface area contributed by atoms with Gasteiger partial charge >= 0.3 is 5.97 Å². The number of carbonyl (C=O) groups excluding carboxylic acids is 1. The number of halogens is 1. The van der Waals surface area contributed by atoms with Crippen molar-refractivity contribution in [2.75, 3.05) is 0 Å². The molecule has 0 bridgehead atoms. The molecule has 1 amide bonds. The first-order valence-corrected chi connectivity index (χ1v) is 6.87. The average Bonchev–Trinajstić information content (AvgIpc) is 3.28. The summed E-state index contributed by atoms with van der Waals surface area (Å²) in [6, 6.07) is 6.40. The number of rotatable bonds is 5. The molecule has 0 aromatic heterocycles. The SMILES string of the molecule is CC(C(=O)O)=C(C)C(=O)N(Cc1ccccc1F)C1CC1. The lowest BCUT2D eigenvalue weighted by Crippen LogP contribution is -2.34. The second-order valence-corrected chi connectivity index (χ2v) is 5.31. The largest absolute Gasteiger partial charge is 0.478 e. The van der Waals surface area contributed by atoms with Crippen LogP contribution in [0.1, 0.15) is 32.3 Å². The molecule has 0 aliphatic heterocycles. The molecule has 1 N–H and O–H groups in total. The van der Waals surface area contributed by atoms with Crippen LogP contribution in [0, 0.1) is 5.82 Å². The van der Waals surface area contributed by atoms with Gasteiger partial charge < -0.3 is 10.0 Å². The highest BCUT2D eigenvalue weighted by molar-refractivity contribution is 6.01. The summed E-state index contributed by atoms with van der Waals surface area (Å²) in [5.74, 6) is -1.80. The van der Waals surface area contributed by atoms with Gasteiger partial charge in [0, 0.05) is 29.3 Å². The molecule has 0 unspecified atom stereocenters. The van der Waals surface area contributed by atoms with Gasteiger partial charge in [-0.2, -0.15) is 0 Å². The molecule has 112 valence electrons. The predicted octanol–water partition coefficient (Wildman–Crippen LogP) is 2.74. The first-order valence-electron chi connectivity index (χ1n) is 6.87. The van der Waals surface area contributed by atoms with Gasteiger partial charge in [0.25, 0.3) is 5.91 Å². The number of nitrogens with zero attached hydrogens (tertiary/aromatic N) is 1. The van der Waals surface area contributed by atoms with Gasteiger partial charge in [0.05, 0.1) is 0 Å². The van der Waals surface area contributed by atoms with E-state index < -0.39 is 5.97 Å². The van der Waals surface area contributed by atoms with Gasteiger partial charge in [-0.25, -0.2) is 9.18 Å². The van der Waals surface area contributed by atoms with Crippen molar-refractivity contribution in [3.8, 4) is 0 Å². The lowest BCUT2D eigenvalue weighted by atomic mass is 10.1. The van der Waals surface area contributed by atoms with Crippen molar-refractivity contribution in [3.63, 3.8) is 0 Å². The van der Waals surface area contributed by atoms with Crippen LogP contribution in [0.4, 0.5) is 4.39 Å². The summed E-state index contributed by atoms with van der Waals surface area (Å²) in [6.45, 7) is 3.08. The Hall–Kier alpha value is -2.17. The van der Waals surface area contributed by atoms with E-state index in [1.54, 1.807) is 23.1 Å². The van der Waals surface area contributed by atoms with E-state index in [2.05, 4.69) is 0 Å². The van der Waals surface area contributed by atoms with E-state index in [0.29, 0.717) is 5.56 Å². The van der Waals surface area contributed by atoms with Gasteiger partial charge in [-0.05, 0) is 32.8 Å². The van der Waals surface area contributed by atoms with Crippen LogP contribution in [0.5, 0.6) is 0 Å². The van der Waals surface area contributed by atoms with Crippen molar-refractivity contribution in [3.05, 3.63) is 46.8 Å². The van der Waals surface area contributed by atoms with Crippen molar-refractivity contribution in [2.24, 2.45) is 0 Å². The summed E-state index contributed by atoms with van der Waals surface area (Å²) in [5.41, 5.74) is 0.670. The zero-order valence-corrected chi connectivity index (χ0v) is 12.1. The molecular formula is C16H18FNO3. The van der Waals surface area contributed by atoms with Crippen LogP contribution in [0.15, 0.2) is 35.4 Å². The van der Waals surface area contributed by atoms with Gasteiger partial charge in [-0.3, -0.25) is 4.79 Å². The Kier molecular flexibility index (Phi) is 4.40. The monoisotopic (exact) mass is 291 g/mol. The third-order valence-electron chi connectivity index (χ3n) is 3.75. The Morgan fingerprint density at radius 3 is 2.38 bits per heavy atom. The molecule has 4 nitrogen and oxygen atoms in total. The molecule has 1 aliphatic carbocycles. The summed E-state index contributed by atoms with van der Waals surface area (Å²) >= 11 is 0. The molecule has 0 heterocycles. The molecule has 1 saturated carbocycles. The van der Waals surface area contributed by atoms with Crippen LogP contribution in [0.25, 0.3) is 0 Å². The van der Waals surface area contributed by atoms with Crippen LogP contribution in [0.3, 0.4) is 0 Å². The fourth-order valence-electron chi connectivity index (χ4n) is 2.10. The van der Waals surface area contributed by atoms with Crippen molar-refractivity contribution >= 4 is 11.9 Å². The minimum Gasteiger partial charge on any atom is -0.478 e. The van der Waals surface area contributed by atoms with E-state index >= 15 is 0 Å². The molecule has 1 aromatic rings. The molecular weight excluding hydrogens is 273 g/mol. The average molecular weight is 291 g/mol. The lowest BCUT2D eigenvalue weighted by molar-refractivity contribution is -0.134. The molecule has 21 heavy (non-hydrogen) atoms. The number of carboxylic acid groups (broad SMARTS) is 1. The van der Waals surface area contributed by atoms with Crippen LogP contribution < -0.4 is 0 Å². The Morgan fingerprint density at radius 2 is 1.86 bits per heavy atom. The molecule has 0 spiro atoms. The van der Waals surface area contributed by atoms with Crippen molar-refractivity contribution in [2.45, 2.75) is 39.3 Å². The van der Waals surface area contributed by atoms with Gasteiger partial charge in [-0.15, -0.1) is 0 Å². The maximum absolute atomic E-state index is 13.7. The molecule has 0 atom stereocenters. The fraction of sp³-hybridized carbons (Fsp3) is 0.375. The van der Waals surface area contributed by atoms with E-state index in [1.165, 1.54) is 19.9 Å². The first kappa shape index (κ1) is 15.2. The number of amides is 1. The fourth-order valence-corrected chi connectivity index (χ4v) is 2.10. The number of carboxylic acids is 1. The Balaban J connectivity index is 2.24. The van der Waals surface area contributed by atoms with Gasteiger partial charge in [0.15, 0.2) is 0 Å². The zero-order valence-electron chi connectivity index (χ0n) is 12.1. The van der Waals surface area contributed by atoms with Gasteiger partial charge in [-0.1, -0.05) is 18.2 Å². The van der Waals surface area contributed by atoms with E-state index in [1.807, 2.05) is 0 Å². The number of aliphatic carboxylic acids is 1. The predicted molar refractivity (Wildman–Crippen MR) is 76.0 cm³/mol. The normalized spacial score (nSPS) is 15.4. The van der Waals surface area contributed by atoms with Crippen LogP contribution in [-0.4, -0.2) is 27.9 Å². The highest BCUT2D eigenvalue weighted by Gasteiger charge is 2.34. The van der Waals surface area contributed by atoms with Crippen LogP contribution >= 0.6 is 0 Å². The second-order valence-electron chi connectivity index (χ2n) is 5.31. The Bertz CT molecular complexity index is 605. The minimum absolute atomic E-state index is 0.0270. The summed E-state index contributed by atoms with van der Waals surface area (Å²) in [5, 5.41) is 8.98. The van der Waals surface area contributed by atoms with Crippen LogP contribution in [-0.2, 0) is 16.1 Å². The molecule has 1 aliphatic rings. The second kappa shape index (κ2) is 6.08. The lowest BCUT2D eigenvalue weighted by Gasteiger charge is -2.23. The smallest absolute Gasteiger partial charge is 0.331 e. The first-order chi connectivity index (χ1) is 9.91. The van der Waals surface area contributed by atoms with Gasteiger partial charge in [0.2, 0.25) is 0 Å². The third-order valence-corrected chi connectivity index (χ3v) is 3.75. The number of benzene rings is 1. The molecule has 1 aromatic carbocycles. The number of hydrogen-bond acceptors (Lipinski definition) is 2. The summed E-state index contributed by atoms with van der Waals surface area (Å²) in [6.07, 6.45) is 1.75. The van der Waals surface area contributed by atoms with E-state index in [-0.39, 0.29) is 35.5 Å². The molecule has 1 fully saturated rings. The van der Waals surface area contributed by atoms with Crippen molar-refractivity contribution < 1.29 is 19.1 Å². The molecule has 5 heteroatoms. The Labute approximate surface area is 122 Å². The van der Waals surface area contributed by atoms with E-state index in [0.717, 1.165) is 12.8 Å². The zero-order chi connectivity index (χ0) is 15.6. The van der Waals surface area contributed by atoms with E-state index in [4.69, 9.17) is 5.11 Å². The van der Waals surface area contributed by atoms with Crippen LogP contribution in [0.2, 0.25) is 0 Å². The van der Waals surface area contributed by atoms with E-state index in [9.17, 15) is 14.0 Å². The highest BCUT2D eigenvalue weighted by atomic mass is 19.1. The maximum atomic E-state index is 13.7. The third kappa shape index (κ3) is 3.48. The van der Waals surface area contributed by atoms with Gasteiger partial charge in [0.1, 0.15) is 5.82 Å². The minimum atomic E-state index is -1.11. The highest BCUT2D eigenvalue weighted by Crippen LogP contribution is 2.30. The number of hydrogen-bond donors (Lipinski definition) is 1. The molecule has 2 rings (SSSR count). The number of carbonyl (C=O) groups is 2. The maximum Gasteiger partial charge on any atom is 0.331 e. The molecule has 0 saturated heterocycles. The van der Waals surface area contributed by atoms with Crippen molar-refractivity contribution in [1.29, 1.82) is 0 Å². The van der Waals surface area contributed by atoms with Crippen molar-refractivity contribution in [1.82, 2.24) is 4.90 Å². The quantitative estimate of drug-likeness (QED) is 0.849. The standard InChI is InChI=1S/C16H18FNO3/c1-10(11(2)16(20)21)15(19)18(13-7-8-13)9-12-5-3-4-6-14(12)17/h3-6,13H,7-9H2,1-2H3,(H,20,21). The Morgan fingerprint density at radius 1 is 1.24 bits per heavy atom. The molecule has 0 radical (unpaired) electrons. The summed E-state index contributed by atoms with van der Waals surface area (Å²) in [7, 11) is 0. The topological polar surface area (TPSA) is 57.6 Å².